The molecular formula is C17H26FNO. The zero-order valence-electron chi connectivity index (χ0n) is 12.7. The molecule has 3 heteroatoms. The van der Waals surface area contributed by atoms with Gasteiger partial charge in [0.25, 0.3) is 0 Å². The van der Waals surface area contributed by atoms with E-state index in [1.165, 1.54) is 26.0 Å². The fourth-order valence-electron chi connectivity index (χ4n) is 3.33. The normalized spacial score (nSPS) is 24.7. The van der Waals surface area contributed by atoms with E-state index in [-0.39, 0.29) is 17.6 Å². The molecule has 0 bridgehead atoms. The van der Waals surface area contributed by atoms with Gasteiger partial charge in [-0.1, -0.05) is 19.9 Å². The molecule has 0 radical (unpaired) electrons. The van der Waals surface area contributed by atoms with Crippen molar-refractivity contribution in [2.75, 3.05) is 7.11 Å². The Balaban J connectivity index is 2.01. The molecule has 20 heavy (non-hydrogen) atoms. The zero-order chi connectivity index (χ0) is 14.7. The van der Waals surface area contributed by atoms with Crippen LogP contribution in [0.3, 0.4) is 0 Å². The van der Waals surface area contributed by atoms with Crippen LogP contribution in [0.25, 0.3) is 0 Å². The Morgan fingerprint density at radius 1 is 1.15 bits per heavy atom. The van der Waals surface area contributed by atoms with Crippen LogP contribution in [0.15, 0.2) is 18.2 Å². The van der Waals surface area contributed by atoms with Crippen molar-refractivity contribution in [1.29, 1.82) is 0 Å². The van der Waals surface area contributed by atoms with Gasteiger partial charge in [-0.3, -0.25) is 0 Å². The zero-order valence-corrected chi connectivity index (χ0v) is 12.7. The molecule has 1 aromatic rings. The van der Waals surface area contributed by atoms with E-state index in [0.29, 0.717) is 5.92 Å². The number of hydrogen-bond donors (Lipinski definition) is 1. The SMILES string of the molecule is COc1ccc(C(N)C2CCC(C(C)C)CC2)cc1F. The van der Waals surface area contributed by atoms with Crippen molar-refractivity contribution in [1.82, 2.24) is 0 Å². The molecule has 1 aliphatic carbocycles. The first-order valence-electron chi connectivity index (χ1n) is 7.62. The van der Waals surface area contributed by atoms with Gasteiger partial charge in [-0.05, 0) is 61.1 Å². The first-order chi connectivity index (χ1) is 9.52. The summed E-state index contributed by atoms with van der Waals surface area (Å²) in [7, 11) is 1.48. The third-order valence-corrected chi connectivity index (χ3v) is 4.83. The molecule has 1 saturated carbocycles. The molecular weight excluding hydrogens is 253 g/mol. The summed E-state index contributed by atoms with van der Waals surface area (Å²) in [6.45, 7) is 4.59. The summed E-state index contributed by atoms with van der Waals surface area (Å²) in [6, 6.07) is 5.02. The molecule has 1 atom stereocenters. The van der Waals surface area contributed by atoms with E-state index in [1.54, 1.807) is 6.07 Å². The molecule has 1 fully saturated rings. The number of hydrogen-bond acceptors (Lipinski definition) is 2. The van der Waals surface area contributed by atoms with Crippen molar-refractivity contribution in [3.63, 3.8) is 0 Å². The molecule has 2 nitrogen and oxygen atoms in total. The predicted octanol–water partition coefficient (Wildman–Crippen LogP) is 4.30. The molecule has 0 amide bonds. The first-order valence-corrected chi connectivity index (χ1v) is 7.62. The van der Waals surface area contributed by atoms with E-state index >= 15 is 0 Å². The van der Waals surface area contributed by atoms with Crippen LogP contribution in [-0.2, 0) is 0 Å². The molecule has 1 aromatic carbocycles. The first kappa shape index (κ1) is 15.3. The van der Waals surface area contributed by atoms with E-state index in [9.17, 15) is 4.39 Å². The minimum atomic E-state index is -0.323. The number of rotatable bonds is 4. The van der Waals surface area contributed by atoms with E-state index in [4.69, 9.17) is 10.5 Å². The third-order valence-electron chi connectivity index (χ3n) is 4.83. The van der Waals surface area contributed by atoms with Crippen LogP contribution < -0.4 is 10.5 Å². The van der Waals surface area contributed by atoms with E-state index < -0.39 is 0 Å². The summed E-state index contributed by atoms with van der Waals surface area (Å²) >= 11 is 0. The van der Waals surface area contributed by atoms with Gasteiger partial charge in [0, 0.05) is 6.04 Å². The Labute approximate surface area is 121 Å². The van der Waals surface area contributed by atoms with Crippen LogP contribution in [0.4, 0.5) is 4.39 Å². The van der Waals surface area contributed by atoms with Crippen LogP contribution >= 0.6 is 0 Å². The van der Waals surface area contributed by atoms with Crippen molar-refractivity contribution in [2.45, 2.75) is 45.6 Å². The standard InChI is InChI=1S/C17H26FNO/c1-11(2)12-4-6-13(7-5-12)17(19)14-8-9-16(20-3)15(18)10-14/h8-13,17H,4-7,19H2,1-3H3. The Hall–Kier alpha value is -1.09. The van der Waals surface area contributed by atoms with Gasteiger partial charge in [0.15, 0.2) is 11.6 Å². The second kappa shape index (κ2) is 6.57. The Morgan fingerprint density at radius 2 is 1.75 bits per heavy atom. The Morgan fingerprint density at radius 3 is 2.25 bits per heavy atom. The van der Waals surface area contributed by atoms with Crippen LogP contribution in [0.2, 0.25) is 0 Å². The molecule has 2 rings (SSSR count). The summed E-state index contributed by atoms with van der Waals surface area (Å²) in [5.74, 6) is 2.01. The van der Waals surface area contributed by atoms with Gasteiger partial charge in [-0.15, -0.1) is 0 Å². The lowest BCUT2D eigenvalue weighted by atomic mass is 9.73. The number of nitrogens with two attached hydrogens (primary N) is 1. The van der Waals surface area contributed by atoms with Crippen molar-refractivity contribution in [3.8, 4) is 5.75 Å². The molecule has 0 saturated heterocycles. The summed E-state index contributed by atoms with van der Waals surface area (Å²) < 4.78 is 18.7. The smallest absolute Gasteiger partial charge is 0.165 e. The summed E-state index contributed by atoms with van der Waals surface area (Å²) in [5.41, 5.74) is 7.23. The van der Waals surface area contributed by atoms with Crippen molar-refractivity contribution < 1.29 is 9.13 Å². The average molecular weight is 279 g/mol. The quantitative estimate of drug-likeness (QED) is 0.892. The fraction of sp³-hybridized carbons (Fsp3) is 0.647. The predicted molar refractivity (Wildman–Crippen MR) is 80.2 cm³/mol. The lowest BCUT2D eigenvalue weighted by Crippen LogP contribution is -2.27. The maximum absolute atomic E-state index is 13.8. The average Bonchev–Trinajstić information content (AvgIpc) is 2.46. The Bertz CT molecular complexity index is 439. The number of halogens is 1. The minimum absolute atomic E-state index is 0.0662. The number of benzene rings is 1. The molecule has 2 N–H and O–H groups in total. The van der Waals surface area contributed by atoms with Crippen LogP contribution in [0.5, 0.6) is 5.75 Å². The van der Waals surface area contributed by atoms with E-state index in [0.717, 1.165) is 30.2 Å². The van der Waals surface area contributed by atoms with Crippen LogP contribution in [-0.4, -0.2) is 7.11 Å². The maximum Gasteiger partial charge on any atom is 0.165 e. The molecule has 0 aromatic heterocycles. The van der Waals surface area contributed by atoms with E-state index in [2.05, 4.69) is 13.8 Å². The second-order valence-corrected chi connectivity index (χ2v) is 6.34. The largest absolute Gasteiger partial charge is 0.494 e. The highest BCUT2D eigenvalue weighted by Crippen LogP contribution is 2.38. The highest BCUT2D eigenvalue weighted by molar-refractivity contribution is 5.31. The lowest BCUT2D eigenvalue weighted by Gasteiger charge is -2.34. The van der Waals surface area contributed by atoms with Crippen molar-refractivity contribution in [3.05, 3.63) is 29.6 Å². The third kappa shape index (κ3) is 3.32. The topological polar surface area (TPSA) is 35.2 Å². The maximum atomic E-state index is 13.8. The minimum Gasteiger partial charge on any atom is -0.494 e. The van der Waals surface area contributed by atoms with Gasteiger partial charge in [0.05, 0.1) is 7.11 Å². The van der Waals surface area contributed by atoms with Crippen LogP contribution in [0, 0.1) is 23.6 Å². The molecule has 0 heterocycles. The molecule has 0 spiro atoms. The summed E-state index contributed by atoms with van der Waals surface area (Å²) in [4.78, 5) is 0. The summed E-state index contributed by atoms with van der Waals surface area (Å²) in [6.07, 6.45) is 4.79. The molecule has 112 valence electrons. The van der Waals surface area contributed by atoms with Gasteiger partial charge in [-0.2, -0.15) is 0 Å². The van der Waals surface area contributed by atoms with Crippen LogP contribution in [0.1, 0.15) is 51.1 Å². The number of ether oxygens (including phenoxy) is 1. The van der Waals surface area contributed by atoms with Gasteiger partial charge >= 0.3 is 0 Å². The van der Waals surface area contributed by atoms with Gasteiger partial charge in [0.1, 0.15) is 0 Å². The Kier molecular flexibility index (Phi) is 5.03. The lowest BCUT2D eigenvalue weighted by molar-refractivity contribution is 0.203. The molecule has 1 aliphatic rings. The van der Waals surface area contributed by atoms with E-state index in [1.807, 2.05) is 6.07 Å². The van der Waals surface area contributed by atoms with Crippen molar-refractivity contribution in [2.24, 2.45) is 23.5 Å². The van der Waals surface area contributed by atoms with Gasteiger partial charge < -0.3 is 10.5 Å². The second-order valence-electron chi connectivity index (χ2n) is 6.34. The summed E-state index contributed by atoms with van der Waals surface area (Å²) in [5, 5.41) is 0. The fourth-order valence-corrected chi connectivity index (χ4v) is 3.33. The van der Waals surface area contributed by atoms with Gasteiger partial charge in [-0.25, -0.2) is 4.39 Å². The molecule has 1 unspecified atom stereocenters. The number of methoxy groups -OCH3 is 1. The van der Waals surface area contributed by atoms with Gasteiger partial charge in [0.2, 0.25) is 0 Å². The monoisotopic (exact) mass is 279 g/mol. The highest BCUT2D eigenvalue weighted by Gasteiger charge is 2.28. The van der Waals surface area contributed by atoms with Crippen molar-refractivity contribution >= 4 is 0 Å². The molecule has 0 aliphatic heterocycles. The highest BCUT2D eigenvalue weighted by atomic mass is 19.1.